The van der Waals surface area contributed by atoms with Gasteiger partial charge in [-0.05, 0) is 18.8 Å². The molecular weight excluding hydrogens is 202 g/mol. The minimum absolute atomic E-state index is 0.133. The van der Waals surface area contributed by atoms with Gasteiger partial charge in [0.25, 0.3) is 0 Å². The molecule has 0 aromatic rings. The summed E-state index contributed by atoms with van der Waals surface area (Å²) in [5.74, 6) is 0.389. The van der Waals surface area contributed by atoms with Crippen LogP contribution in [0.5, 0.6) is 0 Å². The molecule has 0 radical (unpaired) electrons. The molecule has 1 atom stereocenters. The van der Waals surface area contributed by atoms with Crippen molar-refractivity contribution in [2.45, 2.75) is 26.2 Å². The van der Waals surface area contributed by atoms with Gasteiger partial charge in [-0.2, -0.15) is 0 Å². The molecule has 1 saturated heterocycles. The summed E-state index contributed by atoms with van der Waals surface area (Å²) in [7, 11) is -3.18. The zero-order valence-corrected chi connectivity index (χ0v) is 9.46. The molecule has 0 aromatic carbocycles. The second kappa shape index (κ2) is 5.09. The van der Waals surface area contributed by atoms with Crippen molar-refractivity contribution in [3.63, 3.8) is 0 Å². The highest BCUT2D eigenvalue weighted by atomic mass is 32.2. The van der Waals surface area contributed by atoms with Gasteiger partial charge in [0.05, 0.1) is 12.4 Å². The van der Waals surface area contributed by atoms with Crippen molar-refractivity contribution in [1.29, 1.82) is 0 Å². The summed E-state index contributed by atoms with van der Waals surface area (Å²) >= 11 is 0. The summed E-state index contributed by atoms with van der Waals surface area (Å²) in [5, 5.41) is 8.63. The van der Waals surface area contributed by atoms with E-state index in [1.807, 2.05) is 0 Å². The van der Waals surface area contributed by atoms with E-state index in [2.05, 4.69) is 6.92 Å². The zero-order chi connectivity index (χ0) is 10.6. The van der Waals surface area contributed by atoms with Crippen LogP contribution in [0.25, 0.3) is 0 Å². The first-order valence-corrected chi connectivity index (χ1v) is 6.79. The number of rotatable bonds is 5. The van der Waals surface area contributed by atoms with E-state index < -0.39 is 10.0 Å². The van der Waals surface area contributed by atoms with E-state index in [0.717, 1.165) is 19.3 Å². The first-order chi connectivity index (χ1) is 6.60. The average Bonchev–Trinajstić information content (AvgIpc) is 2.54. The number of nitrogens with zero attached hydrogens (tertiary/aromatic N) is 1. The highest BCUT2D eigenvalue weighted by molar-refractivity contribution is 7.89. The predicted octanol–water partition coefficient (Wildman–Crippen LogP) is 0.430. The van der Waals surface area contributed by atoms with Crippen molar-refractivity contribution in [2.24, 2.45) is 5.92 Å². The second-order valence-electron chi connectivity index (χ2n) is 3.84. The Hall–Kier alpha value is -0.130. The van der Waals surface area contributed by atoms with Gasteiger partial charge in [-0.1, -0.05) is 13.3 Å². The van der Waals surface area contributed by atoms with Crippen molar-refractivity contribution in [1.82, 2.24) is 4.31 Å². The molecule has 0 aromatic heterocycles. The van der Waals surface area contributed by atoms with E-state index in [0.29, 0.717) is 19.0 Å². The van der Waals surface area contributed by atoms with Crippen LogP contribution >= 0.6 is 0 Å². The quantitative estimate of drug-likeness (QED) is 0.732. The van der Waals surface area contributed by atoms with Crippen molar-refractivity contribution < 1.29 is 13.5 Å². The second-order valence-corrected chi connectivity index (χ2v) is 5.93. The molecule has 84 valence electrons. The first kappa shape index (κ1) is 11.9. The fourth-order valence-corrected chi connectivity index (χ4v) is 3.25. The predicted molar refractivity (Wildman–Crippen MR) is 55.5 cm³/mol. The fraction of sp³-hybridized carbons (Fsp3) is 1.00. The van der Waals surface area contributed by atoms with Crippen LogP contribution in [0.3, 0.4) is 0 Å². The largest absolute Gasteiger partial charge is 0.395 e. The van der Waals surface area contributed by atoms with Crippen molar-refractivity contribution in [3.05, 3.63) is 0 Å². The normalized spacial score (nSPS) is 24.3. The van der Waals surface area contributed by atoms with Crippen LogP contribution in [0.2, 0.25) is 0 Å². The Morgan fingerprint density at radius 3 is 2.79 bits per heavy atom. The van der Waals surface area contributed by atoms with E-state index in [1.54, 1.807) is 0 Å². The Morgan fingerprint density at radius 1 is 1.50 bits per heavy atom. The lowest BCUT2D eigenvalue weighted by Crippen LogP contribution is -2.32. The van der Waals surface area contributed by atoms with Gasteiger partial charge >= 0.3 is 0 Å². The van der Waals surface area contributed by atoms with Gasteiger partial charge in [0.1, 0.15) is 0 Å². The van der Waals surface area contributed by atoms with Gasteiger partial charge in [-0.3, -0.25) is 0 Å². The number of hydrogen-bond acceptors (Lipinski definition) is 3. The molecule has 0 saturated carbocycles. The molecule has 1 rings (SSSR count). The molecule has 1 N–H and O–H groups in total. The van der Waals surface area contributed by atoms with E-state index in [9.17, 15) is 8.42 Å². The lowest BCUT2D eigenvalue weighted by atomic mass is 10.0. The van der Waals surface area contributed by atoms with Crippen LogP contribution in [0.15, 0.2) is 0 Å². The highest BCUT2D eigenvalue weighted by Gasteiger charge is 2.30. The Labute approximate surface area is 86.0 Å². The molecule has 1 unspecified atom stereocenters. The monoisotopic (exact) mass is 221 g/mol. The third-order valence-electron chi connectivity index (χ3n) is 2.69. The highest BCUT2D eigenvalue weighted by Crippen LogP contribution is 2.23. The van der Waals surface area contributed by atoms with Gasteiger partial charge in [0.15, 0.2) is 0 Å². The average molecular weight is 221 g/mol. The van der Waals surface area contributed by atoms with Gasteiger partial charge in [0, 0.05) is 13.1 Å². The molecule has 4 nitrogen and oxygen atoms in total. The number of aliphatic hydroxyl groups is 1. The maximum Gasteiger partial charge on any atom is 0.216 e. The summed E-state index contributed by atoms with van der Waals surface area (Å²) < 4.78 is 24.6. The Morgan fingerprint density at radius 2 is 2.21 bits per heavy atom. The van der Waals surface area contributed by atoms with Gasteiger partial charge < -0.3 is 5.11 Å². The maximum atomic E-state index is 11.5. The van der Waals surface area contributed by atoms with Crippen LogP contribution in [0.1, 0.15) is 26.2 Å². The third kappa shape index (κ3) is 2.93. The van der Waals surface area contributed by atoms with E-state index in [-0.39, 0.29) is 12.4 Å². The Kier molecular flexibility index (Phi) is 4.34. The number of sulfonamides is 1. The SMILES string of the molecule is CCCC1CCN(S(=O)(=O)CCO)C1. The molecule has 1 heterocycles. The molecule has 1 aliphatic heterocycles. The third-order valence-corrected chi connectivity index (χ3v) is 4.51. The number of aliphatic hydroxyl groups excluding tert-OH is 1. The fourth-order valence-electron chi connectivity index (χ4n) is 1.94. The molecule has 14 heavy (non-hydrogen) atoms. The van der Waals surface area contributed by atoms with Crippen LogP contribution in [-0.4, -0.2) is 43.3 Å². The number of hydrogen-bond donors (Lipinski definition) is 1. The molecule has 5 heteroatoms. The van der Waals surface area contributed by atoms with E-state index in [1.165, 1.54) is 4.31 Å². The van der Waals surface area contributed by atoms with Crippen LogP contribution < -0.4 is 0 Å². The van der Waals surface area contributed by atoms with Crippen LogP contribution in [-0.2, 0) is 10.0 Å². The van der Waals surface area contributed by atoms with Crippen LogP contribution in [0.4, 0.5) is 0 Å². The molecule has 0 amide bonds. The Bertz CT molecular complexity index is 263. The summed E-state index contributed by atoms with van der Waals surface area (Å²) in [6.07, 6.45) is 3.18. The molecule has 0 bridgehead atoms. The van der Waals surface area contributed by atoms with Crippen molar-refractivity contribution in [2.75, 3.05) is 25.4 Å². The van der Waals surface area contributed by atoms with Crippen molar-refractivity contribution in [3.8, 4) is 0 Å². The molecule has 0 aliphatic carbocycles. The summed E-state index contributed by atoms with van der Waals surface area (Å²) in [6, 6.07) is 0. The van der Waals surface area contributed by atoms with Gasteiger partial charge in [-0.25, -0.2) is 12.7 Å². The van der Waals surface area contributed by atoms with E-state index >= 15 is 0 Å². The summed E-state index contributed by atoms with van der Waals surface area (Å²) in [4.78, 5) is 0. The molecule has 1 fully saturated rings. The summed E-state index contributed by atoms with van der Waals surface area (Å²) in [5.41, 5.74) is 0. The maximum absolute atomic E-state index is 11.5. The standard InChI is InChI=1S/C9H19NO3S/c1-2-3-9-4-5-10(8-9)14(12,13)7-6-11/h9,11H,2-8H2,1H3. The van der Waals surface area contributed by atoms with Crippen LogP contribution in [0, 0.1) is 5.92 Å². The minimum Gasteiger partial charge on any atom is -0.395 e. The zero-order valence-electron chi connectivity index (χ0n) is 8.65. The topological polar surface area (TPSA) is 57.6 Å². The lowest BCUT2D eigenvalue weighted by molar-refractivity contribution is 0.315. The lowest BCUT2D eigenvalue weighted by Gasteiger charge is -2.15. The van der Waals surface area contributed by atoms with E-state index in [4.69, 9.17) is 5.11 Å². The van der Waals surface area contributed by atoms with Gasteiger partial charge in [-0.15, -0.1) is 0 Å². The summed E-state index contributed by atoms with van der Waals surface area (Å²) in [6.45, 7) is 3.12. The smallest absolute Gasteiger partial charge is 0.216 e. The first-order valence-electron chi connectivity index (χ1n) is 5.19. The Balaban J connectivity index is 2.49. The van der Waals surface area contributed by atoms with Gasteiger partial charge in [0.2, 0.25) is 10.0 Å². The van der Waals surface area contributed by atoms with Crippen molar-refractivity contribution >= 4 is 10.0 Å². The molecule has 0 spiro atoms. The minimum atomic E-state index is -3.18. The molecule has 1 aliphatic rings. The molecular formula is C9H19NO3S.